The smallest absolute Gasteiger partial charge is 0.270 e. The molecule has 6 nitrogen and oxygen atoms in total. The van der Waals surface area contributed by atoms with Gasteiger partial charge in [0.2, 0.25) is 0 Å². The van der Waals surface area contributed by atoms with E-state index >= 15 is 0 Å². The van der Waals surface area contributed by atoms with Crippen molar-refractivity contribution in [3.8, 4) is 0 Å². The Balaban J connectivity index is 2.29. The number of anilines is 1. The van der Waals surface area contributed by atoms with Crippen LogP contribution in [0.1, 0.15) is 10.4 Å². The minimum atomic E-state index is -0.862. The van der Waals surface area contributed by atoms with Gasteiger partial charge in [0.1, 0.15) is 11.0 Å². The maximum absolute atomic E-state index is 13.6. The van der Waals surface area contributed by atoms with Crippen LogP contribution in [0.15, 0.2) is 34.9 Å². The van der Waals surface area contributed by atoms with Crippen molar-refractivity contribution in [3.63, 3.8) is 0 Å². The third-order valence-corrected chi connectivity index (χ3v) is 3.59. The summed E-state index contributed by atoms with van der Waals surface area (Å²) >= 11 is 8.84. The van der Waals surface area contributed by atoms with Crippen molar-refractivity contribution in [3.05, 3.63) is 61.6 Å². The standard InChI is InChI=1S/C12H6BrClFN3O3/c13-9-3-6(5-16-11(9)14)17-12(19)8-4-7(18(20)21)1-2-10(8)15/h1-5H,(H,17,19). The highest BCUT2D eigenvalue weighted by atomic mass is 79.9. The van der Waals surface area contributed by atoms with E-state index in [0.29, 0.717) is 4.47 Å². The molecule has 2 rings (SSSR count). The molecule has 0 radical (unpaired) electrons. The summed E-state index contributed by atoms with van der Waals surface area (Å²) in [5.74, 6) is -1.69. The number of carbonyl (C=O) groups excluding carboxylic acids is 1. The molecule has 108 valence electrons. The average Bonchev–Trinajstić information content (AvgIpc) is 2.43. The van der Waals surface area contributed by atoms with Crippen LogP contribution in [0.25, 0.3) is 0 Å². The normalized spacial score (nSPS) is 10.2. The van der Waals surface area contributed by atoms with Crippen LogP contribution in [-0.2, 0) is 0 Å². The maximum atomic E-state index is 13.6. The van der Waals surface area contributed by atoms with Gasteiger partial charge in [-0.05, 0) is 28.1 Å². The summed E-state index contributed by atoms with van der Waals surface area (Å²) in [6, 6.07) is 4.18. The molecule has 0 saturated heterocycles. The van der Waals surface area contributed by atoms with Crippen LogP contribution in [0, 0.1) is 15.9 Å². The monoisotopic (exact) mass is 373 g/mol. The number of carbonyl (C=O) groups is 1. The van der Waals surface area contributed by atoms with E-state index in [9.17, 15) is 19.3 Å². The second-order valence-electron chi connectivity index (χ2n) is 3.87. The van der Waals surface area contributed by atoms with E-state index in [2.05, 4.69) is 26.2 Å². The molecule has 1 aromatic heterocycles. The van der Waals surface area contributed by atoms with Crippen molar-refractivity contribution < 1.29 is 14.1 Å². The summed E-state index contributed by atoms with van der Waals surface area (Å²) in [4.78, 5) is 25.7. The molecular formula is C12H6BrClFN3O3. The summed E-state index contributed by atoms with van der Waals surface area (Å²) < 4.78 is 14.0. The molecule has 21 heavy (non-hydrogen) atoms. The van der Waals surface area contributed by atoms with Gasteiger partial charge in [0, 0.05) is 12.1 Å². The SMILES string of the molecule is O=C(Nc1cnc(Cl)c(Br)c1)c1cc([N+](=O)[O-])ccc1F. The first kappa shape index (κ1) is 15.3. The van der Waals surface area contributed by atoms with Gasteiger partial charge in [0.05, 0.1) is 26.8 Å². The number of nitro benzene ring substituents is 1. The van der Waals surface area contributed by atoms with Crippen molar-refractivity contribution in [2.75, 3.05) is 5.32 Å². The fourth-order valence-corrected chi connectivity index (χ4v) is 1.94. The first-order chi connectivity index (χ1) is 9.88. The minimum absolute atomic E-state index is 0.203. The number of nitrogens with one attached hydrogen (secondary N) is 1. The quantitative estimate of drug-likeness (QED) is 0.503. The maximum Gasteiger partial charge on any atom is 0.270 e. The zero-order valence-electron chi connectivity index (χ0n) is 10.1. The summed E-state index contributed by atoms with van der Waals surface area (Å²) in [7, 11) is 0. The Bertz CT molecular complexity index is 742. The summed E-state index contributed by atoms with van der Waals surface area (Å²) in [5.41, 5.74) is -0.547. The van der Waals surface area contributed by atoms with Gasteiger partial charge in [-0.25, -0.2) is 9.37 Å². The Labute approximate surface area is 131 Å². The van der Waals surface area contributed by atoms with E-state index in [1.807, 2.05) is 0 Å². The van der Waals surface area contributed by atoms with Crippen molar-refractivity contribution in [2.24, 2.45) is 0 Å². The molecule has 0 aliphatic carbocycles. The predicted octanol–water partition coefficient (Wildman–Crippen LogP) is 3.80. The van der Waals surface area contributed by atoms with E-state index in [1.165, 1.54) is 12.3 Å². The minimum Gasteiger partial charge on any atom is -0.320 e. The first-order valence-corrected chi connectivity index (χ1v) is 6.62. The molecule has 0 atom stereocenters. The lowest BCUT2D eigenvalue weighted by atomic mass is 10.1. The lowest BCUT2D eigenvalue weighted by molar-refractivity contribution is -0.384. The molecule has 1 amide bonds. The lowest BCUT2D eigenvalue weighted by Crippen LogP contribution is -2.14. The van der Waals surface area contributed by atoms with Crippen molar-refractivity contribution in [2.45, 2.75) is 0 Å². The van der Waals surface area contributed by atoms with Gasteiger partial charge in [-0.1, -0.05) is 11.6 Å². The molecule has 9 heteroatoms. The molecule has 0 saturated carbocycles. The largest absolute Gasteiger partial charge is 0.320 e. The van der Waals surface area contributed by atoms with Gasteiger partial charge in [-0.2, -0.15) is 0 Å². The van der Waals surface area contributed by atoms with Gasteiger partial charge < -0.3 is 5.32 Å². The number of non-ortho nitro benzene ring substituents is 1. The van der Waals surface area contributed by atoms with E-state index in [1.54, 1.807) is 0 Å². The van der Waals surface area contributed by atoms with Crippen LogP contribution >= 0.6 is 27.5 Å². The zero-order valence-corrected chi connectivity index (χ0v) is 12.5. The molecule has 0 fully saturated rings. The summed E-state index contributed by atoms with van der Waals surface area (Å²) in [6.45, 7) is 0. The molecule has 0 unspecified atom stereocenters. The van der Waals surface area contributed by atoms with Gasteiger partial charge in [0.25, 0.3) is 11.6 Å². The molecule has 1 heterocycles. The van der Waals surface area contributed by atoms with Gasteiger partial charge in [-0.15, -0.1) is 0 Å². The number of nitrogens with zero attached hydrogens (tertiary/aromatic N) is 2. The zero-order chi connectivity index (χ0) is 15.6. The number of rotatable bonds is 3. The number of amides is 1. The Morgan fingerprint density at radius 2 is 2.14 bits per heavy atom. The Morgan fingerprint density at radius 3 is 2.76 bits per heavy atom. The molecular weight excluding hydrogens is 369 g/mol. The molecule has 1 aromatic carbocycles. The molecule has 0 aliphatic rings. The third-order valence-electron chi connectivity index (χ3n) is 2.46. The van der Waals surface area contributed by atoms with Crippen LogP contribution in [0.5, 0.6) is 0 Å². The number of nitro groups is 1. The fourth-order valence-electron chi connectivity index (χ4n) is 1.49. The van der Waals surface area contributed by atoms with Crippen LogP contribution in [0.3, 0.4) is 0 Å². The Morgan fingerprint density at radius 1 is 1.43 bits per heavy atom. The van der Waals surface area contributed by atoms with Crippen molar-refractivity contribution >= 4 is 44.8 Å². The van der Waals surface area contributed by atoms with Crippen LogP contribution in [-0.4, -0.2) is 15.8 Å². The molecule has 0 spiro atoms. The molecule has 0 bridgehead atoms. The summed E-state index contributed by atoms with van der Waals surface area (Å²) in [6.07, 6.45) is 1.28. The fraction of sp³-hybridized carbons (Fsp3) is 0. The number of hydrogen-bond acceptors (Lipinski definition) is 4. The Kier molecular flexibility index (Phi) is 4.49. The number of pyridine rings is 1. The third kappa shape index (κ3) is 3.53. The number of aromatic nitrogens is 1. The van der Waals surface area contributed by atoms with Crippen molar-refractivity contribution in [1.29, 1.82) is 0 Å². The number of halogens is 3. The van der Waals surface area contributed by atoms with Gasteiger partial charge in [-0.3, -0.25) is 14.9 Å². The first-order valence-electron chi connectivity index (χ1n) is 5.45. The highest BCUT2D eigenvalue weighted by molar-refractivity contribution is 9.10. The van der Waals surface area contributed by atoms with Crippen LogP contribution < -0.4 is 5.32 Å². The van der Waals surface area contributed by atoms with E-state index in [-0.39, 0.29) is 16.5 Å². The second-order valence-corrected chi connectivity index (χ2v) is 5.08. The highest BCUT2D eigenvalue weighted by Crippen LogP contribution is 2.24. The number of benzene rings is 1. The average molecular weight is 375 g/mol. The van der Waals surface area contributed by atoms with Gasteiger partial charge in [0.15, 0.2) is 0 Å². The van der Waals surface area contributed by atoms with E-state index < -0.39 is 22.2 Å². The van der Waals surface area contributed by atoms with Crippen LogP contribution in [0.2, 0.25) is 5.15 Å². The molecule has 0 aliphatic heterocycles. The topological polar surface area (TPSA) is 85.1 Å². The van der Waals surface area contributed by atoms with E-state index in [4.69, 9.17) is 11.6 Å². The predicted molar refractivity (Wildman–Crippen MR) is 78.0 cm³/mol. The Hall–Kier alpha value is -2.06. The number of hydrogen-bond donors (Lipinski definition) is 1. The second kappa shape index (κ2) is 6.15. The van der Waals surface area contributed by atoms with Crippen molar-refractivity contribution in [1.82, 2.24) is 4.98 Å². The molecule has 1 N–H and O–H groups in total. The summed E-state index contributed by atoms with van der Waals surface area (Å²) in [5, 5.41) is 13.2. The van der Waals surface area contributed by atoms with Crippen LogP contribution in [0.4, 0.5) is 15.8 Å². The lowest BCUT2D eigenvalue weighted by Gasteiger charge is -2.06. The molecule has 2 aromatic rings. The highest BCUT2D eigenvalue weighted by Gasteiger charge is 2.17. The van der Waals surface area contributed by atoms with E-state index in [0.717, 1.165) is 18.2 Å². The van der Waals surface area contributed by atoms with Gasteiger partial charge >= 0.3 is 0 Å².